The lowest BCUT2D eigenvalue weighted by atomic mass is 10.0. The molecule has 62 heavy (non-hydrogen) atoms. The Bertz CT molecular complexity index is 680. The number of hydrogen-bond acceptors (Lipinski definition) is 0. The second-order valence-electron chi connectivity index (χ2n) is 21.6. The van der Waals surface area contributed by atoms with E-state index in [2.05, 4.69) is 27.7 Å². The van der Waals surface area contributed by atoms with Gasteiger partial charge in [0.25, 0.3) is 0 Å². The van der Waals surface area contributed by atoms with Crippen LogP contribution in [0.25, 0.3) is 0 Å². The van der Waals surface area contributed by atoms with E-state index in [-0.39, 0.29) is 0 Å². The topological polar surface area (TPSA) is 0 Å². The van der Waals surface area contributed by atoms with Crippen molar-refractivity contribution in [1.82, 2.24) is 0 Å². The molecule has 374 valence electrons. The Kier molecular flexibility index (Phi) is 55.3. The highest BCUT2D eigenvalue weighted by Gasteiger charge is 2.26. The second kappa shape index (κ2) is 55.3. The largest absolute Gasteiger partial charge is 0.324 e. The standard InChI is InChI=1S/C61H126N/c1-5-9-13-17-21-25-29-32-35-39-43-47-51-55-59-62(58-54-50-46-42-38-28-24-20-16-12-8-4,60-56-52-48-44-40-36-33-30-26-22-18-14-10-6-2)61-57-53-49-45-41-37-34-31-27-23-19-15-11-7-3/h5-61H2,1-4H3/q+1. The minimum absolute atomic E-state index is 1.37. The maximum Gasteiger partial charge on any atom is 0.0786 e. The molecule has 0 aliphatic heterocycles. The molecule has 0 rings (SSSR count). The fraction of sp³-hybridized carbons (Fsp3) is 1.00. The van der Waals surface area contributed by atoms with Gasteiger partial charge in [0.05, 0.1) is 26.2 Å². The summed E-state index contributed by atoms with van der Waals surface area (Å²) in [7, 11) is 0. The van der Waals surface area contributed by atoms with Gasteiger partial charge in [0.1, 0.15) is 0 Å². The zero-order valence-corrected chi connectivity index (χ0v) is 44.8. The first-order chi connectivity index (χ1) is 30.7. The summed E-state index contributed by atoms with van der Waals surface area (Å²) in [5.74, 6) is 0. The van der Waals surface area contributed by atoms with Crippen molar-refractivity contribution in [2.75, 3.05) is 26.2 Å². The summed E-state index contributed by atoms with van der Waals surface area (Å²) in [5, 5.41) is 0. The second-order valence-corrected chi connectivity index (χ2v) is 21.6. The van der Waals surface area contributed by atoms with Gasteiger partial charge in [-0.25, -0.2) is 0 Å². The predicted octanol–water partition coefficient (Wildman–Crippen LogP) is 22.6. The fourth-order valence-corrected chi connectivity index (χ4v) is 10.7. The average molecular weight is 874 g/mol. The van der Waals surface area contributed by atoms with Crippen LogP contribution in [0.2, 0.25) is 0 Å². The van der Waals surface area contributed by atoms with Crippen LogP contribution < -0.4 is 0 Å². The molecule has 0 aromatic carbocycles. The molecule has 0 fully saturated rings. The van der Waals surface area contributed by atoms with Crippen molar-refractivity contribution in [3.63, 3.8) is 0 Å². The van der Waals surface area contributed by atoms with E-state index in [0.717, 1.165) is 0 Å². The van der Waals surface area contributed by atoms with Crippen LogP contribution in [0.3, 0.4) is 0 Å². The van der Waals surface area contributed by atoms with Crippen LogP contribution in [-0.4, -0.2) is 30.7 Å². The van der Waals surface area contributed by atoms with Crippen LogP contribution in [0.15, 0.2) is 0 Å². The molecule has 0 aromatic heterocycles. The molecule has 0 spiro atoms. The number of rotatable bonds is 57. The third-order valence-electron chi connectivity index (χ3n) is 15.2. The molecule has 0 saturated carbocycles. The molecular weight excluding hydrogens is 747 g/mol. The highest BCUT2D eigenvalue weighted by atomic mass is 15.3. The van der Waals surface area contributed by atoms with Gasteiger partial charge in [-0.15, -0.1) is 0 Å². The van der Waals surface area contributed by atoms with Gasteiger partial charge < -0.3 is 4.48 Å². The van der Waals surface area contributed by atoms with E-state index in [1.165, 1.54) is 371 Å². The molecule has 0 atom stereocenters. The number of unbranched alkanes of at least 4 members (excludes halogenated alkanes) is 49. The average Bonchev–Trinajstić information content (AvgIpc) is 3.28. The Balaban J connectivity index is 4.90. The van der Waals surface area contributed by atoms with E-state index >= 15 is 0 Å². The summed E-state index contributed by atoms with van der Waals surface area (Å²) in [6.45, 7) is 15.3. The van der Waals surface area contributed by atoms with E-state index in [4.69, 9.17) is 0 Å². The maximum absolute atomic E-state index is 2.34. The molecule has 0 aliphatic rings. The molecule has 0 heterocycles. The van der Waals surface area contributed by atoms with Gasteiger partial charge in [0.2, 0.25) is 0 Å². The van der Waals surface area contributed by atoms with Crippen molar-refractivity contribution in [1.29, 1.82) is 0 Å². The van der Waals surface area contributed by atoms with Crippen molar-refractivity contribution in [2.24, 2.45) is 0 Å². The Morgan fingerprint density at radius 1 is 0.129 bits per heavy atom. The summed E-state index contributed by atoms with van der Waals surface area (Å²) >= 11 is 0. The Morgan fingerprint density at radius 3 is 0.339 bits per heavy atom. The normalized spacial score (nSPS) is 12.0. The lowest BCUT2D eigenvalue weighted by Gasteiger charge is -2.40. The van der Waals surface area contributed by atoms with Crippen molar-refractivity contribution in [3.8, 4) is 0 Å². The lowest BCUT2D eigenvalue weighted by molar-refractivity contribution is -0.929. The SMILES string of the molecule is CCCCCCCCCCCCCCCC[N+](CCCCCCCCCCCCC)(CCCCCCCCCCCCCCCC)CCCCCCCCCCCCCCCC. The van der Waals surface area contributed by atoms with Crippen LogP contribution in [0.5, 0.6) is 0 Å². The van der Waals surface area contributed by atoms with Gasteiger partial charge in [0.15, 0.2) is 0 Å². The molecule has 0 unspecified atom stereocenters. The first kappa shape index (κ1) is 62.0. The van der Waals surface area contributed by atoms with Crippen LogP contribution >= 0.6 is 0 Å². The summed E-state index contributed by atoms with van der Waals surface area (Å²) in [4.78, 5) is 0. The minimum Gasteiger partial charge on any atom is -0.324 e. The zero-order chi connectivity index (χ0) is 44.8. The Labute approximate surface area is 397 Å². The van der Waals surface area contributed by atoms with Crippen LogP contribution in [-0.2, 0) is 0 Å². The molecule has 1 nitrogen and oxygen atoms in total. The van der Waals surface area contributed by atoms with Crippen molar-refractivity contribution < 1.29 is 4.48 Å². The molecule has 0 bridgehead atoms. The lowest BCUT2D eigenvalue weighted by Crippen LogP contribution is -2.50. The monoisotopic (exact) mass is 873 g/mol. The smallest absolute Gasteiger partial charge is 0.0786 e. The number of quaternary nitrogens is 1. The summed E-state index contributed by atoms with van der Waals surface area (Å²) in [6, 6.07) is 0. The first-order valence-corrected chi connectivity index (χ1v) is 30.6. The van der Waals surface area contributed by atoms with Crippen molar-refractivity contribution in [3.05, 3.63) is 0 Å². The minimum atomic E-state index is 1.37. The summed E-state index contributed by atoms with van der Waals surface area (Å²) in [5.41, 5.74) is 0. The number of nitrogens with zero attached hydrogens (tertiary/aromatic N) is 1. The molecule has 0 radical (unpaired) electrons. The van der Waals surface area contributed by atoms with E-state index in [1.807, 2.05) is 0 Å². The Hall–Kier alpha value is -0.0400. The first-order valence-electron chi connectivity index (χ1n) is 30.6. The molecule has 0 aromatic rings. The van der Waals surface area contributed by atoms with Crippen molar-refractivity contribution >= 4 is 0 Å². The Morgan fingerprint density at radius 2 is 0.226 bits per heavy atom. The van der Waals surface area contributed by atoms with Gasteiger partial charge in [-0.05, 0) is 51.4 Å². The van der Waals surface area contributed by atoms with E-state index in [0.29, 0.717) is 0 Å². The van der Waals surface area contributed by atoms with Gasteiger partial charge in [-0.2, -0.15) is 0 Å². The summed E-state index contributed by atoms with van der Waals surface area (Å²) < 4.78 is 1.49. The molecule has 0 N–H and O–H groups in total. The molecule has 0 amide bonds. The third-order valence-corrected chi connectivity index (χ3v) is 15.2. The fourth-order valence-electron chi connectivity index (χ4n) is 10.7. The predicted molar refractivity (Wildman–Crippen MR) is 287 cm³/mol. The van der Waals surface area contributed by atoms with Crippen LogP contribution in [0, 0.1) is 0 Å². The van der Waals surface area contributed by atoms with E-state index in [1.54, 1.807) is 0 Å². The number of hydrogen-bond donors (Lipinski definition) is 0. The summed E-state index contributed by atoms with van der Waals surface area (Å²) in [6.07, 6.45) is 78.2. The molecular formula is C61H126N+. The van der Waals surface area contributed by atoms with Gasteiger partial charge in [-0.3, -0.25) is 0 Å². The highest BCUT2D eigenvalue weighted by molar-refractivity contribution is 4.57. The highest BCUT2D eigenvalue weighted by Crippen LogP contribution is 2.22. The quantitative estimate of drug-likeness (QED) is 0.0422. The maximum atomic E-state index is 2.34. The molecule has 0 saturated heterocycles. The van der Waals surface area contributed by atoms with Crippen LogP contribution in [0.1, 0.15) is 368 Å². The van der Waals surface area contributed by atoms with E-state index < -0.39 is 0 Å². The third kappa shape index (κ3) is 49.4. The zero-order valence-electron chi connectivity index (χ0n) is 44.8. The van der Waals surface area contributed by atoms with Gasteiger partial charge in [0, 0.05) is 0 Å². The van der Waals surface area contributed by atoms with Gasteiger partial charge >= 0.3 is 0 Å². The van der Waals surface area contributed by atoms with Crippen LogP contribution in [0.4, 0.5) is 0 Å². The van der Waals surface area contributed by atoms with E-state index in [9.17, 15) is 0 Å². The molecule has 1 heteroatoms. The molecule has 0 aliphatic carbocycles. The van der Waals surface area contributed by atoms with Gasteiger partial charge in [-0.1, -0.05) is 317 Å². The van der Waals surface area contributed by atoms with Crippen molar-refractivity contribution in [2.45, 2.75) is 368 Å².